The number of aromatic nitrogens is 2. The quantitative estimate of drug-likeness (QED) is 0.353. The summed E-state index contributed by atoms with van der Waals surface area (Å²) in [7, 11) is 0. The summed E-state index contributed by atoms with van der Waals surface area (Å²) < 4.78 is 1.97. The molecule has 2 aromatic carbocycles. The molecule has 0 spiro atoms. The molecular formula is C16H10N2O. The van der Waals surface area contributed by atoms with Crippen molar-refractivity contribution in [3.8, 4) is 0 Å². The lowest BCUT2D eigenvalue weighted by Crippen LogP contribution is -2.10. The van der Waals surface area contributed by atoms with Crippen LogP contribution in [0.15, 0.2) is 65.6 Å². The van der Waals surface area contributed by atoms with Crippen LogP contribution in [-0.4, -0.2) is 9.38 Å². The third-order valence-electron chi connectivity index (χ3n) is 3.41. The van der Waals surface area contributed by atoms with Crippen molar-refractivity contribution in [1.82, 2.24) is 9.38 Å². The molecule has 0 saturated heterocycles. The van der Waals surface area contributed by atoms with Gasteiger partial charge in [0.1, 0.15) is 5.65 Å². The number of pyridine rings is 1. The van der Waals surface area contributed by atoms with Crippen LogP contribution in [0.1, 0.15) is 0 Å². The number of hydrogen-bond donors (Lipinski definition) is 0. The molecule has 0 N–H and O–H groups in total. The first-order valence-corrected chi connectivity index (χ1v) is 6.13. The Morgan fingerprint density at radius 1 is 0.895 bits per heavy atom. The highest BCUT2D eigenvalue weighted by Gasteiger charge is 2.05. The van der Waals surface area contributed by atoms with E-state index in [9.17, 15) is 4.79 Å². The number of rotatable bonds is 0. The van der Waals surface area contributed by atoms with Crippen molar-refractivity contribution in [1.29, 1.82) is 0 Å². The normalized spacial score (nSPS) is 11.4. The highest BCUT2D eigenvalue weighted by Crippen LogP contribution is 2.18. The van der Waals surface area contributed by atoms with Crippen molar-refractivity contribution in [2.24, 2.45) is 0 Å². The third-order valence-corrected chi connectivity index (χ3v) is 3.41. The molecule has 3 heteroatoms. The molecule has 0 radical (unpaired) electrons. The zero-order valence-corrected chi connectivity index (χ0v) is 10.1. The van der Waals surface area contributed by atoms with Crippen molar-refractivity contribution in [2.75, 3.05) is 0 Å². The minimum Gasteiger partial charge on any atom is -0.300 e. The van der Waals surface area contributed by atoms with E-state index in [1.54, 1.807) is 0 Å². The molecule has 0 aliphatic rings. The predicted octanol–water partition coefficient (Wildman–Crippen LogP) is 3.00. The van der Waals surface area contributed by atoms with Crippen molar-refractivity contribution < 1.29 is 0 Å². The standard InChI is InChI=1S/C16H10N2O/c19-16-13-7-3-4-8-14(13)18-10-12-6-2-1-5-11(12)9-15(18)17-16/h1-10H. The fourth-order valence-electron chi connectivity index (χ4n) is 2.48. The topological polar surface area (TPSA) is 34.4 Å². The Hall–Kier alpha value is -2.68. The Balaban J connectivity index is 2.32. The lowest BCUT2D eigenvalue weighted by atomic mass is 10.1. The van der Waals surface area contributed by atoms with E-state index in [1.807, 2.05) is 59.1 Å². The van der Waals surface area contributed by atoms with E-state index in [1.165, 1.54) is 0 Å². The van der Waals surface area contributed by atoms with Crippen molar-refractivity contribution in [2.45, 2.75) is 0 Å². The molecule has 4 rings (SSSR count). The van der Waals surface area contributed by atoms with Crippen LogP contribution in [0, 0.1) is 0 Å². The predicted molar refractivity (Wildman–Crippen MR) is 76.5 cm³/mol. The summed E-state index contributed by atoms with van der Waals surface area (Å²) >= 11 is 0. The van der Waals surface area contributed by atoms with Crippen molar-refractivity contribution >= 4 is 27.3 Å². The second kappa shape index (κ2) is 3.65. The Labute approximate surface area is 108 Å². The van der Waals surface area contributed by atoms with E-state index in [4.69, 9.17) is 0 Å². The van der Waals surface area contributed by atoms with Gasteiger partial charge in [-0.05, 0) is 29.0 Å². The molecule has 0 aliphatic carbocycles. The van der Waals surface area contributed by atoms with Gasteiger partial charge in [0.05, 0.1) is 10.9 Å². The molecule has 2 aromatic heterocycles. The summed E-state index contributed by atoms with van der Waals surface area (Å²) in [4.78, 5) is 16.2. The van der Waals surface area contributed by atoms with Gasteiger partial charge in [-0.2, -0.15) is 4.98 Å². The smallest absolute Gasteiger partial charge is 0.281 e. The summed E-state index contributed by atoms with van der Waals surface area (Å²) in [5.41, 5.74) is 1.40. The van der Waals surface area contributed by atoms with E-state index < -0.39 is 0 Å². The molecule has 0 aliphatic heterocycles. The van der Waals surface area contributed by atoms with Gasteiger partial charge >= 0.3 is 0 Å². The lowest BCUT2D eigenvalue weighted by molar-refractivity contribution is 1.15. The van der Waals surface area contributed by atoms with Gasteiger partial charge in [-0.25, -0.2) is 0 Å². The second-order valence-electron chi connectivity index (χ2n) is 4.56. The molecule has 0 unspecified atom stereocenters. The zero-order valence-electron chi connectivity index (χ0n) is 10.1. The van der Waals surface area contributed by atoms with Gasteiger partial charge in [-0.1, -0.05) is 36.4 Å². The first kappa shape index (κ1) is 10.3. The number of fused-ring (bicyclic) bond motifs is 4. The van der Waals surface area contributed by atoms with Gasteiger partial charge in [0.25, 0.3) is 5.56 Å². The maximum absolute atomic E-state index is 12.0. The molecule has 19 heavy (non-hydrogen) atoms. The van der Waals surface area contributed by atoms with Crippen LogP contribution in [0.5, 0.6) is 0 Å². The Morgan fingerprint density at radius 2 is 1.63 bits per heavy atom. The van der Waals surface area contributed by atoms with Gasteiger partial charge in [0, 0.05) is 6.20 Å². The highest BCUT2D eigenvalue weighted by atomic mass is 16.1. The number of benzene rings is 2. The fraction of sp³-hybridized carbons (Fsp3) is 0. The van der Waals surface area contributed by atoms with Gasteiger partial charge in [-0.15, -0.1) is 0 Å². The van der Waals surface area contributed by atoms with Gasteiger partial charge in [-0.3, -0.25) is 4.79 Å². The SMILES string of the molecule is O=c1nc2cc3ccccc3cn2c2ccccc12. The minimum atomic E-state index is -0.175. The molecule has 0 fully saturated rings. The van der Waals surface area contributed by atoms with E-state index in [0.29, 0.717) is 11.0 Å². The number of nitrogens with zero attached hydrogens (tertiary/aromatic N) is 2. The van der Waals surface area contributed by atoms with Crippen molar-refractivity contribution in [3.05, 3.63) is 71.1 Å². The third kappa shape index (κ3) is 1.45. The highest BCUT2D eigenvalue weighted by molar-refractivity contribution is 5.88. The monoisotopic (exact) mass is 246 g/mol. The largest absolute Gasteiger partial charge is 0.300 e. The first-order chi connectivity index (χ1) is 9.33. The average Bonchev–Trinajstić information content (AvgIpc) is 2.46. The number of para-hydroxylation sites is 1. The summed E-state index contributed by atoms with van der Waals surface area (Å²) in [6.45, 7) is 0. The van der Waals surface area contributed by atoms with Crippen LogP contribution in [0.2, 0.25) is 0 Å². The maximum Gasteiger partial charge on any atom is 0.281 e. The number of hydrogen-bond acceptors (Lipinski definition) is 2. The minimum absolute atomic E-state index is 0.175. The van der Waals surface area contributed by atoms with Crippen LogP contribution in [0.3, 0.4) is 0 Å². The molecule has 4 aromatic rings. The summed E-state index contributed by atoms with van der Waals surface area (Å²) in [6, 6.07) is 17.6. The molecule has 0 bridgehead atoms. The summed E-state index contributed by atoms with van der Waals surface area (Å²) in [5.74, 6) is 0. The van der Waals surface area contributed by atoms with Crippen molar-refractivity contribution in [3.63, 3.8) is 0 Å². The lowest BCUT2D eigenvalue weighted by Gasteiger charge is -2.07. The summed E-state index contributed by atoms with van der Waals surface area (Å²) in [5, 5.41) is 2.87. The van der Waals surface area contributed by atoms with E-state index >= 15 is 0 Å². The van der Waals surface area contributed by atoms with Crippen LogP contribution >= 0.6 is 0 Å². The Morgan fingerprint density at radius 3 is 2.53 bits per heavy atom. The Kier molecular flexibility index (Phi) is 1.97. The molecule has 0 amide bonds. The van der Waals surface area contributed by atoms with Gasteiger partial charge in [0.2, 0.25) is 0 Å². The molecular weight excluding hydrogens is 236 g/mol. The van der Waals surface area contributed by atoms with Crippen LogP contribution < -0.4 is 5.56 Å². The van der Waals surface area contributed by atoms with E-state index in [-0.39, 0.29) is 5.56 Å². The molecule has 2 heterocycles. The van der Waals surface area contributed by atoms with Crippen LogP contribution in [0.25, 0.3) is 27.3 Å². The fourth-order valence-corrected chi connectivity index (χ4v) is 2.48. The molecule has 90 valence electrons. The van der Waals surface area contributed by atoms with Crippen LogP contribution in [0.4, 0.5) is 0 Å². The molecule has 3 nitrogen and oxygen atoms in total. The summed E-state index contributed by atoms with van der Waals surface area (Å²) in [6.07, 6.45) is 2.03. The first-order valence-electron chi connectivity index (χ1n) is 6.13. The maximum atomic E-state index is 12.0. The molecule has 0 saturated carbocycles. The van der Waals surface area contributed by atoms with E-state index in [2.05, 4.69) is 11.1 Å². The van der Waals surface area contributed by atoms with Gasteiger partial charge in [0.15, 0.2) is 0 Å². The Bertz CT molecular complexity index is 986. The van der Waals surface area contributed by atoms with Gasteiger partial charge < -0.3 is 4.40 Å². The average molecular weight is 246 g/mol. The molecule has 0 atom stereocenters. The van der Waals surface area contributed by atoms with E-state index in [0.717, 1.165) is 16.3 Å². The van der Waals surface area contributed by atoms with Crippen LogP contribution in [-0.2, 0) is 0 Å². The zero-order chi connectivity index (χ0) is 12.8. The second-order valence-corrected chi connectivity index (χ2v) is 4.56.